The van der Waals surface area contributed by atoms with Crippen molar-refractivity contribution in [2.75, 3.05) is 0 Å². The second-order valence-corrected chi connectivity index (χ2v) is 3.98. The van der Waals surface area contributed by atoms with Crippen LogP contribution in [0.25, 0.3) is 0 Å². The SMILES string of the molecule is O=P(O)(O)c1cc(O)c(O)c(O)c1. The van der Waals surface area contributed by atoms with Crippen LogP contribution in [0.3, 0.4) is 0 Å². The topological polar surface area (TPSA) is 118 Å². The van der Waals surface area contributed by atoms with E-state index < -0.39 is 30.1 Å². The Morgan fingerprint density at radius 1 is 1.00 bits per heavy atom. The predicted octanol–water partition coefficient (Wildman–Crippen LogP) is -0.394. The highest BCUT2D eigenvalue weighted by molar-refractivity contribution is 7.60. The van der Waals surface area contributed by atoms with E-state index in [0.29, 0.717) is 12.1 Å². The summed E-state index contributed by atoms with van der Waals surface area (Å²) in [7, 11) is -4.52. The molecule has 0 saturated carbocycles. The van der Waals surface area contributed by atoms with E-state index in [2.05, 4.69) is 0 Å². The monoisotopic (exact) mass is 206 g/mol. The van der Waals surface area contributed by atoms with Gasteiger partial charge in [-0.25, -0.2) is 0 Å². The maximum Gasteiger partial charge on any atom is 0.356 e. The van der Waals surface area contributed by atoms with E-state index in [0.717, 1.165) is 0 Å². The summed E-state index contributed by atoms with van der Waals surface area (Å²) in [6, 6.07) is 1.38. The average Bonchev–Trinajstić information content (AvgIpc) is 1.97. The van der Waals surface area contributed by atoms with E-state index in [1.807, 2.05) is 0 Å². The Kier molecular flexibility index (Phi) is 2.21. The fourth-order valence-electron chi connectivity index (χ4n) is 0.758. The first-order valence-corrected chi connectivity index (χ1v) is 4.74. The normalized spacial score (nSPS) is 11.5. The fourth-order valence-corrected chi connectivity index (χ4v) is 1.34. The van der Waals surface area contributed by atoms with E-state index in [1.54, 1.807) is 0 Å². The molecule has 1 aromatic rings. The lowest BCUT2D eigenvalue weighted by atomic mass is 10.3. The first-order valence-electron chi connectivity index (χ1n) is 3.13. The molecule has 0 aliphatic heterocycles. The van der Waals surface area contributed by atoms with Gasteiger partial charge in [0.2, 0.25) is 0 Å². The minimum absolute atomic E-state index is 0.555. The Balaban J connectivity index is 3.38. The van der Waals surface area contributed by atoms with Gasteiger partial charge in [0, 0.05) is 0 Å². The van der Waals surface area contributed by atoms with Crippen LogP contribution in [-0.2, 0) is 4.57 Å². The molecule has 0 bridgehead atoms. The van der Waals surface area contributed by atoms with Crippen molar-refractivity contribution in [2.45, 2.75) is 0 Å². The van der Waals surface area contributed by atoms with Gasteiger partial charge in [-0.2, -0.15) is 0 Å². The van der Waals surface area contributed by atoms with Crippen molar-refractivity contribution in [1.29, 1.82) is 0 Å². The zero-order valence-corrected chi connectivity index (χ0v) is 7.14. The molecule has 0 radical (unpaired) electrons. The summed E-state index contributed by atoms with van der Waals surface area (Å²) in [5.41, 5.74) is 0. The Labute approximate surface area is 72.9 Å². The molecule has 0 saturated heterocycles. The summed E-state index contributed by atoms with van der Waals surface area (Å²) in [5, 5.41) is 26.1. The molecule has 13 heavy (non-hydrogen) atoms. The molecule has 6 nitrogen and oxygen atoms in total. The standard InChI is InChI=1S/C6H7O6P/c7-4-1-3(13(10,11)12)2-5(8)6(4)9/h1-2,7-9H,(H2,10,11,12). The van der Waals surface area contributed by atoms with Crippen molar-refractivity contribution in [1.82, 2.24) is 0 Å². The van der Waals surface area contributed by atoms with E-state index in [1.165, 1.54) is 0 Å². The molecule has 0 fully saturated rings. The molecule has 0 amide bonds. The van der Waals surface area contributed by atoms with Gasteiger partial charge in [0.05, 0.1) is 5.30 Å². The Hall–Kier alpha value is -1.23. The van der Waals surface area contributed by atoms with Gasteiger partial charge in [-0.05, 0) is 12.1 Å². The molecule has 72 valence electrons. The lowest BCUT2D eigenvalue weighted by molar-refractivity contribution is 0.366. The van der Waals surface area contributed by atoms with Crippen LogP contribution < -0.4 is 5.30 Å². The van der Waals surface area contributed by atoms with Gasteiger partial charge in [-0.3, -0.25) is 4.57 Å². The molecule has 0 unspecified atom stereocenters. The number of aromatic hydroxyl groups is 3. The van der Waals surface area contributed by atoms with Crippen molar-refractivity contribution in [3.8, 4) is 17.2 Å². The molecular weight excluding hydrogens is 199 g/mol. The zero-order chi connectivity index (χ0) is 10.2. The molecule has 0 aromatic heterocycles. The number of hydrogen-bond acceptors (Lipinski definition) is 4. The van der Waals surface area contributed by atoms with Crippen LogP contribution in [0.4, 0.5) is 0 Å². The molecule has 0 heterocycles. The summed E-state index contributed by atoms with van der Waals surface area (Å²) < 4.78 is 10.6. The lowest BCUT2D eigenvalue weighted by Gasteiger charge is -2.06. The van der Waals surface area contributed by atoms with Crippen molar-refractivity contribution < 1.29 is 29.7 Å². The van der Waals surface area contributed by atoms with Gasteiger partial charge in [0.1, 0.15) is 0 Å². The predicted molar refractivity (Wildman–Crippen MR) is 43.1 cm³/mol. The number of phenolic OH excluding ortho intramolecular Hbond substituents is 3. The highest BCUT2D eigenvalue weighted by Crippen LogP contribution is 2.40. The number of phenols is 3. The number of hydrogen-bond donors (Lipinski definition) is 5. The second-order valence-electron chi connectivity index (χ2n) is 2.38. The highest BCUT2D eigenvalue weighted by Gasteiger charge is 2.21. The summed E-state index contributed by atoms with van der Waals surface area (Å²) in [6.45, 7) is 0. The van der Waals surface area contributed by atoms with Crippen LogP contribution in [-0.4, -0.2) is 25.1 Å². The third-order valence-corrected chi connectivity index (χ3v) is 2.32. The molecule has 7 heteroatoms. The number of rotatable bonds is 1. The van der Waals surface area contributed by atoms with Gasteiger partial charge in [0.25, 0.3) is 0 Å². The maximum absolute atomic E-state index is 10.6. The minimum Gasteiger partial charge on any atom is -0.504 e. The Bertz CT molecular complexity index is 358. The van der Waals surface area contributed by atoms with Crippen LogP contribution >= 0.6 is 7.60 Å². The third kappa shape index (κ3) is 1.92. The minimum atomic E-state index is -4.52. The molecule has 0 atom stereocenters. The van der Waals surface area contributed by atoms with Crippen LogP contribution in [0.15, 0.2) is 12.1 Å². The highest BCUT2D eigenvalue weighted by atomic mass is 31.2. The molecule has 1 aromatic carbocycles. The molecular formula is C6H7O6P. The second kappa shape index (κ2) is 2.92. The Morgan fingerprint density at radius 2 is 1.38 bits per heavy atom. The van der Waals surface area contributed by atoms with E-state index >= 15 is 0 Å². The van der Waals surface area contributed by atoms with E-state index in [9.17, 15) is 4.57 Å². The van der Waals surface area contributed by atoms with Crippen molar-refractivity contribution in [3.05, 3.63) is 12.1 Å². The van der Waals surface area contributed by atoms with Crippen molar-refractivity contribution >= 4 is 12.9 Å². The fraction of sp³-hybridized carbons (Fsp3) is 0. The van der Waals surface area contributed by atoms with Crippen molar-refractivity contribution in [2.24, 2.45) is 0 Å². The molecule has 0 spiro atoms. The molecule has 0 aliphatic carbocycles. The van der Waals surface area contributed by atoms with Crippen LogP contribution in [0, 0.1) is 0 Å². The average molecular weight is 206 g/mol. The summed E-state index contributed by atoms with van der Waals surface area (Å²) >= 11 is 0. The summed E-state index contributed by atoms with van der Waals surface area (Å²) in [5.74, 6) is -2.37. The van der Waals surface area contributed by atoms with Crippen molar-refractivity contribution in [3.63, 3.8) is 0 Å². The molecule has 0 aliphatic rings. The molecule has 5 N–H and O–H groups in total. The third-order valence-electron chi connectivity index (χ3n) is 1.39. The first-order chi connectivity index (χ1) is 5.82. The number of benzene rings is 1. The van der Waals surface area contributed by atoms with Gasteiger partial charge in [-0.1, -0.05) is 0 Å². The first kappa shape index (κ1) is 9.85. The summed E-state index contributed by atoms with van der Waals surface area (Å²) in [6.07, 6.45) is 0. The van der Waals surface area contributed by atoms with Crippen LogP contribution in [0.5, 0.6) is 17.2 Å². The van der Waals surface area contributed by atoms with Gasteiger partial charge >= 0.3 is 7.60 Å². The van der Waals surface area contributed by atoms with Crippen LogP contribution in [0.2, 0.25) is 0 Å². The Morgan fingerprint density at radius 3 is 1.69 bits per heavy atom. The summed E-state index contributed by atoms with van der Waals surface area (Å²) in [4.78, 5) is 17.3. The smallest absolute Gasteiger partial charge is 0.356 e. The van der Waals surface area contributed by atoms with Gasteiger partial charge in [0.15, 0.2) is 17.2 Å². The zero-order valence-electron chi connectivity index (χ0n) is 6.25. The van der Waals surface area contributed by atoms with Gasteiger partial charge < -0.3 is 25.1 Å². The van der Waals surface area contributed by atoms with Gasteiger partial charge in [-0.15, -0.1) is 0 Å². The quantitative estimate of drug-likeness (QED) is 0.315. The van der Waals surface area contributed by atoms with E-state index in [-0.39, 0.29) is 0 Å². The molecule has 1 rings (SSSR count). The lowest BCUT2D eigenvalue weighted by Crippen LogP contribution is -2.02. The van der Waals surface area contributed by atoms with E-state index in [4.69, 9.17) is 25.1 Å². The largest absolute Gasteiger partial charge is 0.504 e. The van der Waals surface area contributed by atoms with Crippen LogP contribution in [0.1, 0.15) is 0 Å². The maximum atomic E-state index is 10.6.